The highest BCUT2D eigenvalue weighted by Gasteiger charge is 2.30. The summed E-state index contributed by atoms with van der Waals surface area (Å²) in [5, 5.41) is 0. The van der Waals surface area contributed by atoms with Crippen molar-refractivity contribution in [1.29, 1.82) is 0 Å². The molecule has 2 heterocycles. The van der Waals surface area contributed by atoms with E-state index in [1.807, 2.05) is 17.4 Å². The van der Waals surface area contributed by atoms with Crippen molar-refractivity contribution in [2.45, 2.75) is 24.5 Å². The maximum atomic E-state index is 12.6. The molecule has 0 spiro atoms. The van der Waals surface area contributed by atoms with Crippen LogP contribution in [0.5, 0.6) is 5.75 Å². The molecule has 0 amide bonds. The quantitative estimate of drug-likeness (QED) is 0.771. The monoisotopic (exact) mass is 370 g/mol. The summed E-state index contributed by atoms with van der Waals surface area (Å²) in [6.45, 7) is 0.958. The van der Waals surface area contributed by atoms with E-state index >= 15 is 0 Å². The maximum absolute atomic E-state index is 12.6. The predicted octanol–water partition coefficient (Wildman–Crippen LogP) is 3.75. The molecule has 0 N–H and O–H groups in total. The van der Waals surface area contributed by atoms with Gasteiger partial charge < -0.3 is 9.30 Å². The zero-order valence-corrected chi connectivity index (χ0v) is 14.8. The lowest BCUT2D eigenvalue weighted by Crippen LogP contribution is -2.20. The Labute approximate surface area is 147 Å². The van der Waals surface area contributed by atoms with Crippen LogP contribution < -0.4 is 10.3 Å². The fourth-order valence-corrected chi connectivity index (χ4v) is 3.73. The Morgan fingerprint density at radius 3 is 2.60 bits per heavy atom. The first-order valence-corrected chi connectivity index (χ1v) is 8.34. The first-order chi connectivity index (χ1) is 11.6. The molecule has 2 aromatic rings. The van der Waals surface area contributed by atoms with Crippen molar-refractivity contribution in [2.24, 2.45) is 7.05 Å². The van der Waals surface area contributed by atoms with Crippen LogP contribution in [0.3, 0.4) is 0 Å². The summed E-state index contributed by atoms with van der Waals surface area (Å²) in [4.78, 5) is 12.9. The second kappa shape index (κ2) is 6.42. The zero-order valence-electron chi connectivity index (χ0n) is 14.0. The van der Waals surface area contributed by atoms with Gasteiger partial charge in [0.05, 0.1) is 0 Å². The van der Waals surface area contributed by atoms with Crippen molar-refractivity contribution in [3.05, 3.63) is 45.9 Å². The van der Waals surface area contributed by atoms with E-state index in [-0.39, 0.29) is 11.3 Å². The van der Waals surface area contributed by atoms with Gasteiger partial charge in [0.25, 0.3) is 5.56 Å². The van der Waals surface area contributed by atoms with Crippen molar-refractivity contribution >= 4 is 11.9 Å². The van der Waals surface area contributed by atoms with Gasteiger partial charge in [0.15, 0.2) is 6.61 Å². The fraction of sp³-hybridized carbons (Fsp3) is 0.353. The summed E-state index contributed by atoms with van der Waals surface area (Å²) in [6.07, 6.45) is -2.80. The van der Waals surface area contributed by atoms with Gasteiger partial charge in [-0.2, -0.15) is 13.2 Å². The lowest BCUT2D eigenvalue weighted by Gasteiger charge is -2.16. The lowest BCUT2D eigenvalue weighted by atomic mass is 10.0. The third-order valence-electron chi connectivity index (χ3n) is 3.87. The topological polar surface area (TPSA) is 34.5 Å². The molecule has 8 heteroatoms. The number of hydrogen-bond acceptors (Lipinski definition) is 4. The normalized spacial score (nSPS) is 14.6. The molecule has 3 rings (SSSR count). The van der Waals surface area contributed by atoms with Crippen LogP contribution in [0.15, 0.2) is 34.1 Å². The molecule has 0 bridgehead atoms. The number of fused-ring (bicyclic) bond motifs is 1. The highest BCUT2D eigenvalue weighted by atomic mass is 32.2. The van der Waals surface area contributed by atoms with E-state index in [0.717, 1.165) is 10.5 Å². The predicted molar refractivity (Wildman–Crippen MR) is 90.7 cm³/mol. The summed E-state index contributed by atoms with van der Waals surface area (Å²) in [5.41, 5.74) is 2.50. The van der Waals surface area contributed by atoms with Gasteiger partial charge in [-0.25, -0.2) is 4.31 Å². The summed E-state index contributed by atoms with van der Waals surface area (Å²) in [6, 6.07) is 5.16. The van der Waals surface area contributed by atoms with Crippen molar-refractivity contribution in [3.8, 4) is 16.9 Å². The van der Waals surface area contributed by atoms with E-state index in [2.05, 4.69) is 0 Å². The molecule has 0 saturated carbocycles. The van der Waals surface area contributed by atoms with Gasteiger partial charge in [-0.05, 0) is 49.7 Å². The van der Waals surface area contributed by atoms with E-state index in [0.29, 0.717) is 23.2 Å². The van der Waals surface area contributed by atoms with Crippen molar-refractivity contribution in [1.82, 2.24) is 8.87 Å². The lowest BCUT2D eigenvalue weighted by molar-refractivity contribution is -0.153. The number of rotatable bonds is 3. The van der Waals surface area contributed by atoms with E-state index in [1.165, 1.54) is 16.5 Å². The average Bonchev–Trinajstić information content (AvgIpc) is 2.87. The first-order valence-electron chi connectivity index (χ1n) is 7.57. The second-order valence-electron chi connectivity index (χ2n) is 6.07. The zero-order chi connectivity index (χ0) is 18.4. The molecular formula is C17H17F3N2O2S. The number of aromatic nitrogens is 1. The van der Waals surface area contributed by atoms with Gasteiger partial charge in [-0.1, -0.05) is 0 Å². The molecule has 4 nitrogen and oxygen atoms in total. The number of alkyl halides is 3. The van der Waals surface area contributed by atoms with Crippen molar-refractivity contribution in [2.75, 3.05) is 13.7 Å². The molecular weight excluding hydrogens is 353 g/mol. The van der Waals surface area contributed by atoms with E-state index in [9.17, 15) is 18.0 Å². The molecule has 0 unspecified atom stereocenters. The van der Waals surface area contributed by atoms with Gasteiger partial charge in [0.2, 0.25) is 0 Å². The van der Waals surface area contributed by atoms with Crippen LogP contribution >= 0.6 is 11.9 Å². The highest BCUT2D eigenvalue weighted by Crippen LogP contribution is 2.42. The minimum Gasteiger partial charge on any atom is -0.483 e. The van der Waals surface area contributed by atoms with E-state index < -0.39 is 12.8 Å². The SMILES string of the molecule is Cc1cc(-c2cc3c(cc2OCC(F)(F)F)CN(C)S3)cn(C)c1=O. The highest BCUT2D eigenvalue weighted by molar-refractivity contribution is 7.97. The molecule has 0 saturated heterocycles. The third kappa shape index (κ3) is 3.85. The van der Waals surface area contributed by atoms with Crippen LogP contribution in [-0.4, -0.2) is 28.7 Å². The van der Waals surface area contributed by atoms with Crippen LogP contribution in [0, 0.1) is 6.92 Å². The maximum Gasteiger partial charge on any atom is 0.422 e. The molecule has 134 valence electrons. The van der Waals surface area contributed by atoms with Crippen LogP contribution in [0.4, 0.5) is 13.2 Å². The number of aryl methyl sites for hydroxylation is 2. The number of ether oxygens (including phenoxy) is 1. The Hall–Kier alpha value is -1.93. The number of pyridine rings is 1. The molecule has 0 fully saturated rings. The number of benzene rings is 1. The van der Waals surface area contributed by atoms with Gasteiger partial charge >= 0.3 is 6.18 Å². The number of nitrogens with zero attached hydrogens (tertiary/aromatic N) is 2. The number of halogens is 3. The van der Waals surface area contributed by atoms with Gasteiger partial charge in [0.1, 0.15) is 5.75 Å². The molecule has 1 aliphatic heterocycles. The van der Waals surface area contributed by atoms with Crippen LogP contribution in [0.1, 0.15) is 11.1 Å². The van der Waals surface area contributed by atoms with Gasteiger partial charge in [-0.15, -0.1) is 0 Å². The molecule has 25 heavy (non-hydrogen) atoms. The Bertz CT molecular complexity index is 851. The minimum absolute atomic E-state index is 0.142. The van der Waals surface area contributed by atoms with E-state index in [4.69, 9.17) is 4.74 Å². The van der Waals surface area contributed by atoms with Gasteiger partial charge in [0, 0.05) is 41.4 Å². The van der Waals surface area contributed by atoms with Crippen molar-refractivity contribution in [3.63, 3.8) is 0 Å². The Morgan fingerprint density at radius 1 is 1.24 bits per heavy atom. The fourth-order valence-electron chi connectivity index (χ4n) is 2.78. The van der Waals surface area contributed by atoms with Crippen LogP contribution in [0.25, 0.3) is 11.1 Å². The standard InChI is InChI=1S/C17H17F3N2O2S/c1-10-4-11(7-21(2)16(10)23)13-6-15-12(8-22(3)25-15)5-14(13)24-9-17(18,19)20/h4-7H,8-9H2,1-3H3. The second-order valence-corrected chi connectivity index (χ2v) is 7.31. The molecule has 0 aliphatic carbocycles. The molecule has 1 aliphatic rings. The molecule has 1 aromatic heterocycles. The third-order valence-corrected chi connectivity index (χ3v) is 4.89. The molecule has 1 aromatic carbocycles. The average molecular weight is 370 g/mol. The Balaban J connectivity index is 2.10. The molecule has 0 radical (unpaired) electrons. The van der Waals surface area contributed by atoms with E-state index in [1.54, 1.807) is 32.3 Å². The van der Waals surface area contributed by atoms with Crippen LogP contribution in [-0.2, 0) is 13.6 Å². The minimum atomic E-state index is -4.42. The summed E-state index contributed by atoms with van der Waals surface area (Å²) in [7, 11) is 3.53. The van der Waals surface area contributed by atoms with Crippen molar-refractivity contribution < 1.29 is 17.9 Å². The first kappa shape index (κ1) is 17.9. The Morgan fingerprint density at radius 2 is 1.96 bits per heavy atom. The number of hydrogen-bond donors (Lipinski definition) is 0. The van der Waals surface area contributed by atoms with Gasteiger partial charge in [-0.3, -0.25) is 4.79 Å². The summed E-state index contributed by atoms with van der Waals surface area (Å²) in [5.74, 6) is 0.171. The summed E-state index contributed by atoms with van der Waals surface area (Å²) < 4.78 is 46.3. The van der Waals surface area contributed by atoms with Crippen LogP contribution in [0.2, 0.25) is 0 Å². The smallest absolute Gasteiger partial charge is 0.422 e. The largest absolute Gasteiger partial charge is 0.483 e. The Kier molecular flexibility index (Phi) is 4.59. The molecule has 0 atom stereocenters. The summed E-state index contributed by atoms with van der Waals surface area (Å²) >= 11 is 1.53.